The van der Waals surface area contributed by atoms with Crippen LogP contribution in [0.1, 0.15) is 70.8 Å². The van der Waals surface area contributed by atoms with E-state index in [0.717, 1.165) is 54.1 Å². The van der Waals surface area contributed by atoms with Crippen LogP contribution >= 0.6 is 24.0 Å². The molecule has 4 rings (SSSR count). The van der Waals surface area contributed by atoms with Gasteiger partial charge in [-0.25, -0.2) is 4.68 Å². The fourth-order valence-corrected chi connectivity index (χ4v) is 5.69. The first-order valence-electron chi connectivity index (χ1n) is 13.7. The third-order valence-electron chi connectivity index (χ3n) is 6.55. The van der Waals surface area contributed by atoms with E-state index in [-0.39, 0.29) is 5.91 Å². The fourth-order valence-electron chi connectivity index (χ4n) is 4.39. The highest BCUT2D eigenvalue weighted by molar-refractivity contribution is 8.26. The number of rotatable bonds is 14. The molecule has 5 nitrogen and oxygen atoms in total. The number of aromatic nitrogens is 2. The molecule has 0 radical (unpaired) electrons. The zero-order valence-corrected chi connectivity index (χ0v) is 24.0. The molecule has 0 unspecified atom stereocenters. The molecule has 0 aliphatic carbocycles. The number of hydrogen-bond donors (Lipinski definition) is 0. The number of thioether (sulfide) groups is 1. The molecule has 1 aromatic heterocycles. The van der Waals surface area contributed by atoms with Gasteiger partial charge in [-0.2, -0.15) is 5.10 Å². The number of thiocarbonyl (C=S) groups is 1. The fraction of sp³-hybridized carbons (Fsp3) is 0.387. The molecule has 0 atom stereocenters. The topological polar surface area (TPSA) is 47.4 Å². The number of para-hydroxylation sites is 1. The van der Waals surface area contributed by atoms with Crippen molar-refractivity contribution in [2.75, 3.05) is 13.2 Å². The highest BCUT2D eigenvalue weighted by Gasteiger charge is 2.32. The van der Waals surface area contributed by atoms with Crippen LogP contribution in [0.25, 0.3) is 23.0 Å². The highest BCUT2D eigenvalue weighted by Crippen LogP contribution is 2.35. The molecule has 1 saturated heterocycles. The molecule has 0 spiro atoms. The van der Waals surface area contributed by atoms with Crippen molar-refractivity contribution in [1.82, 2.24) is 14.7 Å². The summed E-state index contributed by atoms with van der Waals surface area (Å²) in [5.41, 5.74) is 3.63. The quantitative estimate of drug-likeness (QED) is 0.115. The molecule has 2 aromatic carbocycles. The Morgan fingerprint density at radius 3 is 2.34 bits per heavy atom. The Bertz CT molecular complexity index is 1240. The Labute approximate surface area is 236 Å². The van der Waals surface area contributed by atoms with Crippen LogP contribution in [0.5, 0.6) is 5.75 Å². The zero-order valence-electron chi connectivity index (χ0n) is 22.4. The van der Waals surface area contributed by atoms with E-state index in [9.17, 15) is 4.79 Å². The molecular formula is C31H37N3O2S2. The van der Waals surface area contributed by atoms with E-state index in [4.69, 9.17) is 22.1 Å². The van der Waals surface area contributed by atoms with E-state index in [1.807, 2.05) is 71.6 Å². The lowest BCUT2D eigenvalue weighted by Gasteiger charge is -2.13. The molecule has 2 heterocycles. The van der Waals surface area contributed by atoms with Crippen LogP contribution in [0.3, 0.4) is 0 Å². The van der Waals surface area contributed by atoms with Gasteiger partial charge in [0.1, 0.15) is 10.1 Å². The Kier molecular flexibility index (Phi) is 10.6. The van der Waals surface area contributed by atoms with Gasteiger partial charge in [-0.3, -0.25) is 9.69 Å². The number of hydrogen-bond acceptors (Lipinski definition) is 5. The van der Waals surface area contributed by atoms with Gasteiger partial charge in [-0.15, -0.1) is 0 Å². The molecule has 200 valence electrons. The van der Waals surface area contributed by atoms with Gasteiger partial charge in [0.05, 0.1) is 22.9 Å². The number of nitrogens with zero attached hydrogens (tertiary/aromatic N) is 3. The van der Waals surface area contributed by atoms with E-state index in [1.54, 1.807) is 4.90 Å². The minimum atomic E-state index is -0.0123. The van der Waals surface area contributed by atoms with Gasteiger partial charge in [0.2, 0.25) is 0 Å². The second-order valence-electron chi connectivity index (χ2n) is 9.54. The van der Waals surface area contributed by atoms with E-state index in [1.165, 1.54) is 43.9 Å². The Morgan fingerprint density at radius 1 is 0.921 bits per heavy atom. The van der Waals surface area contributed by atoms with Gasteiger partial charge >= 0.3 is 0 Å². The van der Waals surface area contributed by atoms with Crippen LogP contribution in [-0.4, -0.2) is 38.1 Å². The van der Waals surface area contributed by atoms with Crippen molar-refractivity contribution in [3.63, 3.8) is 0 Å². The van der Waals surface area contributed by atoms with Crippen LogP contribution in [0.2, 0.25) is 0 Å². The van der Waals surface area contributed by atoms with Gasteiger partial charge in [-0.05, 0) is 55.3 Å². The van der Waals surface area contributed by atoms with E-state index in [0.29, 0.717) is 15.8 Å². The van der Waals surface area contributed by atoms with Crippen LogP contribution in [0.15, 0.2) is 65.7 Å². The first-order chi connectivity index (χ1) is 18.6. The van der Waals surface area contributed by atoms with Crippen molar-refractivity contribution in [3.05, 3.63) is 71.3 Å². The van der Waals surface area contributed by atoms with Gasteiger partial charge in [-0.1, -0.05) is 94.6 Å². The minimum absolute atomic E-state index is 0.0123. The number of benzene rings is 2. The average molecular weight is 548 g/mol. The lowest BCUT2D eigenvalue weighted by Crippen LogP contribution is -2.29. The standard InChI is InChI=1S/C31H37N3O2S2/c1-3-5-7-12-20-33-30(35)28(38-31(33)37)22-25-23-34(26-14-10-9-11-15-26)32-29(25)24-16-18-27(19-17-24)36-21-13-8-6-4-2/h9-11,14-19,22-23H,3-8,12-13,20-21H2,1-2H3. The molecule has 0 bridgehead atoms. The molecule has 7 heteroatoms. The summed E-state index contributed by atoms with van der Waals surface area (Å²) in [5.74, 6) is 0.847. The monoisotopic (exact) mass is 547 g/mol. The van der Waals surface area contributed by atoms with Crippen molar-refractivity contribution >= 4 is 40.3 Å². The van der Waals surface area contributed by atoms with Gasteiger partial charge in [0, 0.05) is 23.9 Å². The summed E-state index contributed by atoms with van der Waals surface area (Å²) in [6.45, 7) is 5.80. The smallest absolute Gasteiger partial charge is 0.266 e. The summed E-state index contributed by atoms with van der Waals surface area (Å²) in [6.07, 6.45) is 13.1. The third-order valence-corrected chi connectivity index (χ3v) is 7.93. The number of carbonyl (C=O) groups is 1. The highest BCUT2D eigenvalue weighted by atomic mass is 32.2. The van der Waals surface area contributed by atoms with E-state index >= 15 is 0 Å². The summed E-state index contributed by atoms with van der Waals surface area (Å²) < 4.78 is 8.44. The summed E-state index contributed by atoms with van der Waals surface area (Å²) in [4.78, 5) is 15.6. The Balaban J connectivity index is 1.57. The van der Waals surface area contributed by atoms with Crippen molar-refractivity contribution in [2.45, 2.75) is 65.2 Å². The van der Waals surface area contributed by atoms with Crippen LogP contribution in [0.4, 0.5) is 0 Å². The molecule has 0 N–H and O–H groups in total. The molecule has 38 heavy (non-hydrogen) atoms. The lowest BCUT2D eigenvalue weighted by atomic mass is 10.1. The molecular weight excluding hydrogens is 510 g/mol. The lowest BCUT2D eigenvalue weighted by molar-refractivity contribution is -0.122. The Morgan fingerprint density at radius 2 is 1.63 bits per heavy atom. The molecule has 1 aliphatic heterocycles. The minimum Gasteiger partial charge on any atom is -0.494 e. The first-order valence-corrected chi connectivity index (χ1v) is 15.0. The maximum Gasteiger partial charge on any atom is 0.266 e. The summed E-state index contributed by atoms with van der Waals surface area (Å²) in [6, 6.07) is 18.1. The maximum absolute atomic E-state index is 13.2. The predicted octanol–water partition coefficient (Wildman–Crippen LogP) is 8.28. The third kappa shape index (κ3) is 7.35. The van der Waals surface area contributed by atoms with Crippen molar-refractivity contribution in [1.29, 1.82) is 0 Å². The average Bonchev–Trinajstić information content (AvgIpc) is 3.48. The second kappa shape index (κ2) is 14.3. The van der Waals surface area contributed by atoms with Crippen molar-refractivity contribution < 1.29 is 9.53 Å². The predicted molar refractivity (Wildman–Crippen MR) is 163 cm³/mol. The summed E-state index contributed by atoms with van der Waals surface area (Å²) in [7, 11) is 0. The van der Waals surface area contributed by atoms with Gasteiger partial charge in [0.25, 0.3) is 5.91 Å². The number of ether oxygens (including phenoxy) is 1. The molecule has 1 amide bonds. The first kappa shape index (κ1) is 28.1. The van der Waals surface area contributed by atoms with Crippen LogP contribution in [0, 0.1) is 0 Å². The molecule has 0 saturated carbocycles. The van der Waals surface area contributed by atoms with Crippen molar-refractivity contribution in [2.24, 2.45) is 0 Å². The summed E-state index contributed by atoms with van der Waals surface area (Å²) in [5, 5.41) is 4.92. The van der Waals surface area contributed by atoms with Crippen LogP contribution < -0.4 is 4.74 Å². The molecule has 3 aromatic rings. The molecule has 1 aliphatic rings. The maximum atomic E-state index is 13.2. The number of carbonyl (C=O) groups excluding carboxylic acids is 1. The SMILES string of the molecule is CCCCCCOc1ccc(-c2nn(-c3ccccc3)cc2C=C2SC(=S)N(CCCCCC)C2=O)cc1. The molecule has 1 fully saturated rings. The van der Waals surface area contributed by atoms with Gasteiger partial charge in [0.15, 0.2) is 0 Å². The van der Waals surface area contributed by atoms with E-state index < -0.39 is 0 Å². The number of unbranched alkanes of at least 4 members (excludes halogenated alkanes) is 6. The van der Waals surface area contributed by atoms with Crippen LogP contribution in [-0.2, 0) is 4.79 Å². The number of amides is 1. The zero-order chi connectivity index (χ0) is 26.7. The largest absolute Gasteiger partial charge is 0.494 e. The Hall–Kier alpha value is -2.90. The summed E-state index contributed by atoms with van der Waals surface area (Å²) >= 11 is 6.94. The van der Waals surface area contributed by atoms with E-state index in [2.05, 4.69) is 13.8 Å². The second-order valence-corrected chi connectivity index (χ2v) is 11.2. The van der Waals surface area contributed by atoms with Crippen molar-refractivity contribution in [3.8, 4) is 22.7 Å². The van der Waals surface area contributed by atoms with Gasteiger partial charge < -0.3 is 4.74 Å². The normalized spacial score (nSPS) is 14.6.